The number of nitrogens with zero attached hydrogens (tertiary/aromatic N) is 1. The molecule has 6 heteroatoms. The average molecular weight is 394 g/mol. The molecular formula is C18H20BrNO4. The molecule has 128 valence electrons. The van der Waals surface area contributed by atoms with Crippen molar-refractivity contribution in [2.75, 3.05) is 6.61 Å². The van der Waals surface area contributed by atoms with Crippen molar-refractivity contribution >= 4 is 32.5 Å². The minimum atomic E-state index is -0.925. The number of carbonyl (C=O) groups excluding carboxylic acids is 1. The number of halogens is 1. The molecule has 2 heterocycles. The Kier molecular flexibility index (Phi) is 4.94. The number of hydrogen-bond acceptors (Lipinski definition) is 3. The molecule has 2 saturated heterocycles. The van der Waals surface area contributed by atoms with Crippen molar-refractivity contribution in [3.8, 4) is 0 Å². The van der Waals surface area contributed by atoms with E-state index >= 15 is 0 Å². The molecule has 2 atom stereocenters. The Labute approximate surface area is 149 Å². The van der Waals surface area contributed by atoms with E-state index in [2.05, 4.69) is 15.9 Å². The van der Waals surface area contributed by atoms with Crippen molar-refractivity contribution in [3.05, 3.63) is 41.0 Å². The highest BCUT2D eigenvalue weighted by atomic mass is 79.9. The zero-order chi connectivity index (χ0) is 17.3. The second-order valence-corrected chi connectivity index (χ2v) is 6.99. The van der Waals surface area contributed by atoms with Gasteiger partial charge >= 0.3 is 12.1 Å². The second kappa shape index (κ2) is 6.97. The van der Waals surface area contributed by atoms with Gasteiger partial charge in [-0.05, 0) is 50.3 Å². The first-order valence-corrected chi connectivity index (χ1v) is 8.97. The summed E-state index contributed by atoms with van der Waals surface area (Å²) < 4.78 is 6.20. The SMILES string of the molecule is CCOC(=O)N1C2CCC1CC(=C(Br)c1ccc(C(=O)O)cc1)C2. The molecule has 2 fully saturated rings. The van der Waals surface area contributed by atoms with E-state index in [1.54, 1.807) is 12.1 Å². The first-order chi connectivity index (χ1) is 11.5. The lowest BCUT2D eigenvalue weighted by molar-refractivity contribution is 0.0696. The Hall–Kier alpha value is -1.82. The molecule has 24 heavy (non-hydrogen) atoms. The number of rotatable bonds is 3. The molecule has 0 saturated carbocycles. The zero-order valence-electron chi connectivity index (χ0n) is 13.5. The predicted molar refractivity (Wildman–Crippen MR) is 94.2 cm³/mol. The van der Waals surface area contributed by atoms with Crippen LogP contribution in [0.4, 0.5) is 4.79 Å². The topological polar surface area (TPSA) is 66.8 Å². The van der Waals surface area contributed by atoms with Crippen molar-refractivity contribution in [1.82, 2.24) is 4.90 Å². The second-order valence-electron chi connectivity index (χ2n) is 6.20. The lowest BCUT2D eigenvalue weighted by atomic mass is 9.95. The number of benzene rings is 1. The van der Waals surface area contributed by atoms with Crippen molar-refractivity contribution in [2.24, 2.45) is 0 Å². The van der Waals surface area contributed by atoms with Crippen LogP contribution in [0.5, 0.6) is 0 Å². The van der Waals surface area contributed by atoms with E-state index in [0.29, 0.717) is 6.61 Å². The fraction of sp³-hybridized carbons (Fsp3) is 0.444. The normalized spacial score (nSPS) is 22.4. The van der Waals surface area contributed by atoms with E-state index in [1.807, 2.05) is 24.0 Å². The van der Waals surface area contributed by atoms with Crippen LogP contribution in [0, 0.1) is 0 Å². The van der Waals surface area contributed by atoms with E-state index in [0.717, 1.165) is 35.7 Å². The van der Waals surface area contributed by atoms with Crippen LogP contribution in [0.25, 0.3) is 4.48 Å². The van der Waals surface area contributed by atoms with Gasteiger partial charge in [0.1, 0.15) is 0 Å². The Morgan fingerprint density at radius 3 is 2.21 bits per heavy atom. The summed E-state index contributed by atoms with van der Waals surface area (Å²) in [7, 11) is 0. The number of carbonyl (C=O) groups is 2. The quantitative estimate of drug-likeness (QED) is 0.832. The minimum absolute atomic E-state index is 0.198. The lowest BCUT2D eigenvalue weighted by Crippen LogP contribution is -2.45. The maximum atomic E-state index is 12.1. The fourth-order valence-electron chi connectivity index (χ4n) is 3.65. The molecule has 0 aromatic heterocycles. The summed E-state index contributed by atoms with van der Waals surface area (Å²) in [5, 5.41) is 8.99. The molecule has 0 aliphatic carbocycles. The highest BCUT2D eigenvalue weighted by Crippen LogP contribution is 2.42. The molecule has 1 amide bonds. The maximum absolute atomic E-state index is 12.1. The summed E-state index contributed by atoms with van der Waals surface area (Å²) in [4.78, 5) is 25.0. The van der Waals surface area contributed by atoms with E-state index < -0.39 is 5.97 Å². The van der Waals surface area contributed by atoms with Gasteiger partial charge < -0.3 is 14.7 Å². The van der Waals surface area contributed by atoms with Crippen LogP contribution in [0.3, 0.4) is 0 Å². The van der Waals surface area contributed by atoms with E-state index in [9.17, 15) is 9.59 Å². The first-order valence-electron chi connectivity index (χ1n) is 8.17. The molecule has 1 aromatic rings. The van der Waals surface area contributed by atoms with Crippen LogP contribution in [0.1, 0.15) is 48.5 Å². The van der Waals surface area contributed by atoms with Crippen LogP contribution in [0.15, 0.2) is 29.8 Å². The lowest BCUT2D eigenvalue weighted by Gasteiger charge is -2.35. The van der Waals surface area contributed by atoms with E-state index in [-0.39, 0.29) is 23.7 Å². The monoisotopic (exact) mass is 393 g/mol. The molecule has 2 bridgehead atoms. The van der Waals surface area contributed by atoms with Gasteiger partial charge in [-0.1, -0.05) is 33.6 Å². The van der Waals surface area contributed by atoms with Gasteiger partial charge in [0.15, 0.2) is 0 Å². The van der Waals surface area contributed by atoms with E-state index in [4.69, 9.17) is 9.84 Å². The zero-order valence-corrected chi connectivity index (χ0v) is 15.1. The van der Waals surface area contributed by atoms with Gasteiger partial charge in [-0.3, -0.25) is 0 Å². The van der Waals surface area contributed by atoms with Crippen LogP contribution < -0.4 is 0 Å². The molecular weight excluding hydrogens is 374 g/mol. The third-order valence-corrected chi connectivity index (χ3v) is 5.78. The number of piperidine rings is 1. The largest absolute Gasteiger partial charge is 0.478 e. The van der Waals surface area contributed by atoms with Crippen molar-refractivity contribution in [3.63, 3.8) is 0 Å². The van der Waals surface area contributed by atoms with Gasteiger partial charge in [0.05, 0.1) is 12.2 Å². The van der Waals surface area contributed by atoms with Gasteiger partial charge in [0, 0.05) is 16.6 Å². The fourth-order valence-corrected chi connectivity index (χ4v) is 4.24. The molecule has 1 aromatic carbocycles. The summed E-state index contributed by atoms with van der Waals surface area (Å²) in [5.41, 5.74) is 2.53. The van der Waals surface area contributed by atoms with Crippen LogP contribution in [-0.2, 0) is 4.74 Å². The van der Waals surface area contributed by atoms with Gasteiger partial charge in [-0.25, -0.2) is 9.59 Å². The molecule has 0 spiro atoms. The smallest absolute Gasteiger partial charge is 0.410 e. The predicted octanol–water partition coefficient (Wildman–Crippen LogP) is 4.27. The number of carboxylic acid groups (broad SMARTS) is 1. The molecule has 3 rings (SSSR count). The highest BCUT2D eigenvalue weighted by molar-refractivity contribution is 9.15. The Bertz CT molecular complexity index is 667. The summed E-state index contributed by atoms with van der Waals surface area (Å²) >= 11 is 3.68. The first kappa shape index (κ1) is 17.0. The standard InChI is InChI=1S/C18H20BrNO4/c1-2-24-18(23)20-14-7-8-15(20)10-13(9-14)16(19)11-3-5-12(6-4-11)17(21)22/h3-6,14-15H,2,7-10H2,1H3,(H,21,22). The Morgan fingerprint density at radius 1 is 1.17 bits per heavy atom. The number of fused-ring (bicyclic) bond motifs is 2. The molecule has 1 N–H and O–H groups in total. The van der Waals surface area contributed by atoms with Crippen LogP contribution in [-0.4, -0.2) is 40.8 Å². The Morgan fingerprint density at radius 2 is 1.71 bits per heavy atom. The molecule has 2 aliphatic rings. The van der Waals surface area contributed by atoms with Crippen LogP contribution >= 0.6 is 15.9 Å². The van der Waals surface area contributed by atoms with Gasteiger partial charge in [0.25, 0.3) is 0 Å². The van der Waals surface area contributed by atoms with Crippen molar-refractivity contribution in [2.45, 2.75) is 44.7 Å². The summed E-state index contributed by atoms with van der Waals surface area (Å²) in [6.07, 6.45) is 3.47. The van der Waals surface area contributed by atoms with Gasteiger partial charge in [-0.2, -0.15) is 0 Å². The van der Waals surface area contributed by atoms with Gasteiger partial charge in [0.2, 0.25) is 0 Å². The number of amides is 1. The maximum Gasteiger partial charge on any atom is 0.410 e. The Balaban J connectivity index is 1.80. The molecule has 5 nitrogen and oxygen atoms in total. The molecule has 2 unspecified atom stereocenters. The molecule has 2 aliphatic heterocycles. The average Bonchev–Trinajstić information content (AvgIpc) is 2.84. The number of carboxylic acids is 1. The van der Waals surface area contributed by atoms with Crippen molar-refractivity contribution < 1.29 is 19.4 Å². The minimum Gasteiger partial charge on any atom is -0.478 e. The molecule has 0 radical (unpaired) electrons. The number of aromatic carboxylic acids is 1. The summed E-state index contributed by atoms with van der Waals surface area (Å²) in [6, 6.07) is 7.26. The van der Waals surface area contributed by atoms with Crippen LogP contribution in [0.2, 0.25) is 0 Å². The number of ether oxygens (including phenoxy) is 1. The summed E-state index contributed by atoms with van der Waals surface area (Å²) in [5.74, 6) is -0.925. The van der Waals surface area contributed by atoms with Gasteiger partial charge in [-0.15, -0.1) is 0 Å². The van der Waals surface area contributed by atoms with E-state index in [1.165, 1.54) is 5.57 Å². The highest BCUT2D eigenvalue weighted by Gasteiger charge is 2.42. The third-order valence-electron chi connectivity index (χ3n) is 4.76. The third kappa shape index (κ3) is 3.20. The summed E-state index contributed by atoms with van der Waals surface area (Å²) in [6.45, 7) is 2.23. The van der Waals surface area contributed by atoms with Crippen molar-refractivity contribution in [1.29, 1.82) is 0 Å². The number of hydrogen-bond donors (Lipinski definition) is 1.